The van der Waals surface area contributed by atoms with E-state index < -0.39 is 12.0 Å². The topological polar surface area (TPSA) is 84.1 Å². The van der Waals surface area contributed by atoms with Crippen molar-refractivity contribution in [2.45, 2.75) is 33.7 Å². The molecule has 6 rings (SSSR count). The third-order valence-corrected chi connectivity index (χ3v) is 7.99. The standard InChI is InChI=1S/C30H27N3O5S/c1-5-36-29(35)26-18(3)31-30-33(27(26)20-9-7-6-8-10-20)28(34)25(39-30)14-21-13-17(2)32(19(21)4)22-11-12-23-24(15-22)38-16-37-23/h6-15,27H,5,16H2,1-4H3/b25-14+/t27-/m0/s1. The predicted molar refractivity (Wildman–Crippen MR) is 148 cm³/mol. The monoisotopic (exact) mass is 541 g/mol. The molecule has 4 heterocycles. The molecule has 198 valence electrons. The molecule has 0 saturated heterocycles. The number of rotatable bonds is 5. The van der Waals surface area contributed by atoms with Crippen LogP contribution in [0.1, 0.15) is 42.4 Å². The van der Waals surface area contributed by atoms with Crippen molar-refractivity contribution in [1.82, 2.24) is 9.13 Å². The molecule has 9 heteroatoms. The fourth-order valence-electron chi connectivity index (χ4n) is 5.24. The van der Waals surface area contributed by atoms with Crippen LogP contribution in [-0.4, -0.2) is 28.5 Å². The summed E-state index contributed by atoms with van der Waals surface area (Å²) in [5, 5.41) is 0. The number of aryl methyl sites for hydroxylation is 1. The van der Waals surface area contributed by atoms with E-state index in [4.69, 9.17) is 14.2 Å². The van der Waals surface area contributed by atoms with Gasteiger partial charge in [-0.05, 0) is 63.1 Å². The van der Waals surface area contributed by atoms with Gasteiger partial charge in [0, 0.05) is 23.1 Å². The molecule has 8 nitrogen and oxygen atoms in total. The number of hydrogen-bond donors (Lipinski definition) is 0. The number of ether oxygens (including phenoxy) is 3. The van der Waals surface area contributed by atoms with Crippen LogP contribution in [0.5, 0.6) is 11.5 Å². The van der Waals surface area contributed by atoms with Gasteiger partial charge in [0.05, 0.1) is 28.5 Å². The molecular weight excluding hydrogens is 514 g/mol. The summed E-state index contributed by atoms with van der Waals surface area (Å²) in [6.45, 7) is 8.06. The Bertz CT molecular complexity index is 1830. The summed E-state index contributed by atoms with van der Waals surface area (Å²) in [6, 6.07) is 16.8. The van der Waals surface area contributed by atoms with E-state index in [0.717, 1.165) is 34.0 Å². The number of aromatic nitrogens is 2. The van der Waals surface area contributed by atoms with Crippen LogP contribution in [0, 0.1) is 13.8 Å². The first-order chi connectivity index (χ1) is 18.9. The molecule has 0 amide bonds. The van der Waals surface area contributed by atoms with Gasteiger partial charge in [0.15, 0.2) is 16.3 Å². The highest BCUT2D eigenvalue weighted by atomic mass is 32.1. The molecule has 0 spiro atoms. The van der Waals surface area contributed by atoms with Crippen LogP contribution in [0.3, 0.4) is 0 Å². The Kier molecular flexibility index (Phi) is 6.23. The molecule has 0 unspecified atom stereocenters. The van der Waals surface area contributed by atoms with Crippen molar-refractivity contribution in [3.05, 3.63) is 108 Å². The third-order valence-electron chi connectivity index (χ3n) is 7.00. The first kappa shape index (κ1) is 24.9. The zero-order valence-electron chi connectivity index (χ0n) is 22.1. The number of thiazole rings is 1. The van der Waals surface area contributed by atoms with Gasteiger partial charge in [-0.25, -0.2) is 9.79 Å². The van der Waals surface area contributed by atoms with Gasteiger partial charge in [-0.15, -0.1) is 0 Å². The van der Waals surface area contributed by atoms with Crippen LogP contribution in [0.4, 0.5) is 0 Å². The summed E-state index contributed by atoms with van der Waals surface area (Å²) >= 11 is 1.32. The Morgan fingerprint density at radius 3 is 2.64 bits per heavy atom. The molecule has 1 atom stereocenters. The van der Waals surface area contributed by atoms with E-state index in [-0.39, 0.29) is 19.0 Å². The number of esters is 1. The zero-order chi connectivity index (χ0) is 27.3. The van der Waals surface area contributed by atoms with E-state index in [1.807, 2.05) is 68.5 Å². The zero-order valence-corrected chi connectivity index (χ0v) is 22.9. The summed E-state index contributed by atoms with van der Waals surface area (Å²) in [6.07, 6.45) is 1.90. The molecule has 0 N–H and O–H groups in total. The second kappa shape index (κ2) is 9.74. The smallest absolute Gasteiger partial charge is 0.338 e. The maximum absolute atomic E-state index is 13.9. The van der Waals surface area contributed by atoms with Crippen LogP contribution in [0.15, 0.2) is 75.7 Å². The van der Waals surface area contributed by atoms with Gasteiger partial charge in [0.1, 0.15) is 0 Å². The highest BCUT2D eigenvalue weighted by molar-refractivity contribution is 7.07. The lowest BCUT2D eigenvalue weighted by molar-refractivity contribution is -0.139. The second-order valence-electron chi connectivity index (χ2n) is 9.41. The van der Waals surface area contributed by atoms with Gasteiger partial charge in [-0.2, -0.15) is 0 Å². The van der Waals surface area contributed by atoms with Gasteiger partial charge >= 0.3 is 5.97 Å². The lowest BCUT2D eigenvalue weighted by Crippen LogP contribution is -2.39. The minimum absolute atomic E-state index is 0.199. The molecule has 0 radical (unpaired) electrons. The van der Waals surface area contributed by atoms with Crippen LogP contribution < -0.4 is 24.4 Å². The highest BCUT2D eigenvalue weighted by Crippen LogP contribution is 2.35. The maximum atomic E-state index is 13.9. The van der Waals surface area contributed by atoms with Gasteiger partial charge < -0.3 is 18.8 Å². The van der Waals surface area contributed by atoms with E-state index in [1.54, 1.807) is 18.4 Å². The lowest BCUT2D eigenvalue weighted by Gasteiger charge is -2.24. The quantitative estimate of drug-likeness (QED) is 0.358. The molecule has 0 bridgehead atoms. The Labute approximate surface area is 228 Å². The van der Waals surface area contributed by atoms with E-state index in [9.17, 15) is 9.59 Å². The Hall–Kier alpha value is -4.37. The van der Waals surface area contributed by atoms with E-state index in [1.165, 1.54) is 11.3 Å². The SMILES string of the molecule is CCOC(=O)C1=C(C)N=c2s/c(=C/c3cc(C)n(-c4ccc5c(c4)OCO5)c3C)c(=O)n2[C@H]1c1ccccc1. The van der Waals surface area contributed by atoms with Crippen molar-refractivity contribution in [3.8, 4) is 17.2 Å². The summed E-state index contributed by atoms with van der Waals surface area (Å²) in [4.78, 5) is 32.1. The van der Waals surface area contributed by atoms with Crippen LogP contribution in [0.2, 0.25) is 0 Å². The number of allylic oxidation sites excluding steroid dienone is 1. The van der Waals surface area contributed by atoms with Gasteiger partial charge in [0.2, 0.25) is 6.79 Å². The van der Waals surface area contributed by atoms with Gasteiger partial charge in [-0.1, -0.05) is 41.7 Å². The fraction of sp³-hybridized carbons (Fsp3) is 0.233. The third kappa shape index (κ3) is 4.19. The number of carbonyl (C=O) groups is 1. The number of fused-ring (bicyclic) bond motifs is 2. The molecule has 0 saturated carbocycles. The first-order valence-corrected chi connectivity index (χ1v) is 13.5. The first-order valence-electron chi connectivity index (χ1n) is 12.7. The lowest BCUT2D eigenvalue weighted by atomic mass is 9.96. The normalized spacial score (nSPS) is 16.3. The predicted octanol–water partition coefficient (Wildman–Crippen LogP) is 3.93. The molecular formula is C30H27N3O5S. The minimum Gasteiger partial charge on any atom is -0.463 e. The molecule has 2 aromatic heterocycles. The molecule has 2 aliphatic heterocycles. The molecule has 2 aliphatic rings. The van der Waals surface area contributed by atoms with Gasteiger partial charge in [-0.3, -0.25) is 9.36 Å². The van der Waals surface area contributed by atoms with Crippen molar-refractivity contribution >= 4 is 23.4 Å². The second-order valence-corrected chi connectivity index (χ2v) is 10.4. The van der Waals surface area contributed by atoms with E-state index in [0.29, 0.717) is 26.4 Å². The van der Waals surface area contributed by atoms with Crippen LogP contribution >= 0.6 is 11.3 Å². The summed E-state index contributed by atoms with van der Waals surface area (Å²) in [5.74, 6) is 0.977. The molecule has 39 heavy (non-hydrogen) atoms. The summed E-state index contributed by atoms with van der Waals surface area (Å²) < 4.78 is 20.7. The average Bonchev–Trinajstić information content (AvgIpc) is 3.59. The fourth-order valence-corrected chi connectivity index (χ4v) is 6.28. The van der Waals surface area contributed by atoms with Crippen molar-refractivity contribution in [1.29, 1.82) is 0 Å². The van der Waals surface area contributed by atoms with Gasteiger partial charge in [0.25, 0.3) is 5.56 Å². The van der Waals surface area contributed by atoms with E-state index >= 15 is 0 Å². The Morgan fingerprint density at radius 1 is 1.10 bits per heavy atom. The number of nitrogens with zero attached hydrogens (tertiary/aromatic N) is 3. The molecule has 4 aromatic rings. The maximum Gasteiger partial charge on any atom is 0.338 e. The number of benzene rings is 2. The number of carbonyl (C=O) groups excluding carboxylic acids is 1. The van der Waals surface area contributed by atoms with Crippen molar-refractivity contribution in [2.24, 2.45) is 4.99 Å². The van der Waals surface area contributed by atoms with Crippen molar-refractivity contribution < 1.29 is 19.0 Å². The number of hydrogen-bond acceptors (Lipinski definition) is 7. The van der Waals surface area contributed by atoms with Crippen molar-refractivity contribution in [2.75, 3.05) is 13.4 Å². The minimum atomic E-state index is -0.621. The van der Waals surface area contributed by atoms with Crippen molar-refractivity contribution in [3.63, 3.8) is 0 Å². The molecule has 0 fully saturated rings. The summed E-state index contributed by atoms with van der Waals surface area (Å²) in [7, 11) is 0. The molecule has 0 aliphatic carbocycles. The van der Waals surface area contributed by atoms with E-state index in [2.05, 4.69) is 15.6 Å². The van der Waals surface area contributed by atoms with Crippen LogP contribution in [-0.2, 0) is 9.53 Å². The average molecular weight is 542 g/mol. The Balaban J connectivity index is 1.49. The Morgan fingerprint density at radius 2 is 1.87 bits per heavy atom. The van der Waals surface area contributed by atoms with Crippen LogP contribution in [0.25, 0.3) is 11.8 Å². The largest absolute Gasteiger partial charge is 0.463 e. The summed E-state index contributed by atoms with van der Waals surface area (Å²) in [5.41, 5.74) is 5.44. The molecule has 2 aromatic carbocycles. The highest BCUT2D eigenvalue weighted by Gasteiger charge is 2.33.